The van der Waals surface area contributed by atoms with Crippen LogP contribution in [0.1, 0.15) is 34.0 Å². The highest BCUT2D eigenvalue weighted by molar-refractivity contribution is 6.15. The quantitative estimate of drug-likeness (QED) is 0.730. The van der Waals surface area contributed by atoms with Crippen LogP contribution in [0.4, 0.5) is 9.18 Å². The molecule has 0 aliphatic carbocycles. The molecule has 2 aliphatic heterocycles. The van der Waals surface area contributed by atoms with Gasteiger partial charge in [0.1, 0.15) is 17.3 Å². The number of benzene rings is 2. The number of halogens is 1. The van der Waals surface area contributed by atoms with Crippen molar-refractivity contribution < 1.29 is 28.6 Å². The number of ketones is 1. The first-order valence-electron chi connectivity index (χ1n) is 10.6. The summed E-state index contributed by atoms with van der Waals surface area (Å²) in [5.74, 6) is -0.0808. The Balaban J connectivity index is 1.55. The van der Waals surface area contributed by atoms with E-state index in [9.17, 15) is 19.1 Å². The molecule has 0 unspecified atom stereocenters. The van der Waals surface area contributed by atoms with Crippen LogP contribution in [0.25, 0.3) is 6.08 Å². The Kier molecular flexibility index (Phi) is 6.14. The minimum atomic E-state index is -0.361. The molecule has 2 aliphatic rings. The summed E-state index contributed by atoms with van der Waals surface area (Å²) in [6.45, 7) is 6.48. The summed E-state index contributed by atoms with van der Waals surface area (Å²) < 4.78 is 24.2. The third-order valence-electron chi connectivity index (χ3n) is 5.67. The second-order valence-electron chi connectivity index (χ2n) is 7.85. The molecule has 0 radical (unpaired) electrons. The number of hydrogen-bond acceptors (Lipinski definition) is 6. The maximum absolute atomic E-state index is 13.2. The van der Waals surface area contributed by atoms with Crippen molar-refractivity contribution in [2.24, 2.45) is 0 Å². The molecule has 1 amide bonds. The number of phenols is 1. The van der Waals surface area contributed by atoms with Crippen molar-refractivity contribution in [3.63, 3.8) is 0 Å². The number of fused-ring (bicyclic) bond motifs is 1. The zero-order valence-electron chi connectivity index (χ0n) is 18.1. The Hall–Kier alpha value is -3.39. The number of aromatic hydroxyl groups is 1. The predicted octanol–water partition coefficient (Wildman–Crippen LogP) is 3.73. The smallest absolute Gasteiger partial charge is 0.409 e. The van der Waals surface area contributed by atoms with Gasteiger partial charge in [-0.05, 0) is 49.2 Å². The van der Waals surface area contributed by atoms with E-state index < -0.39 is 0 Å². The van der Waals surface area contributed by atoms with Crippen LogP contribution in [0.15, 0.2) is 36.1 Å². The summed E-state index contributed by atoms with van der Waals surface area (Å²) in [5, 5.41) is 10.6. The summed E-state index contributed by atoms with van der Waals surface area (Å²) in [6, 6.07) is 7.34. The summed E-state index contributed by atoms with van der Waals surface area (Å²) in [4.78, 5) is 28.7. The number of aryl methyl sites for hydroxylation is 1. The van der Waals surface area contributed by atoms with Crippen LogP contribution in [0.3, 0.4) is 0 Å². The van der Waals surface area contributed by atoms with Crippen LogP contribution in [0.5, 0.6) is 11.5 Å². The molecule has 32 heavy (non-hydrogen) atoms. The Morgan fingerprint density at radius 1 is 1.22 bits per heavy atom. The second-order valence-corrected chi connectivity index (χ2v) is 7.85. The van der Waals surface area contributed by atoms with Crippen LogP contribution in [0.2, 0.25) is 0 Å². The van der Waals surface area contributed by atoms with Crippen molar-refractivity contribution in [2.75, 3.05) is 32.8 Å². The standard InChI is InChI=1S/C24H25FN2O5/c1-3-31-24(30)27-10-8-26(9-11-27)14-18-19(28)12-15(2)21-22(29)20(32-23(18)21)13-16-4-6-17(25)7-5-16/h4-7,12-13,28H,3,8-11,14H2,1-2H3. The predicted molar refractivity (Wildman–Crippen MR) is 116 cm³/mol. The van der Waals surface area contributed by atoms with Gasteiger partial charge >= 0.3 is 6.09 Å². The lowest BCUT2D eigenvalue weighted by atomic mass is 9.99. The molecule has 7 nitrogen and oxygen atoms in total. The molecule has 0 spiro atoms. The average Bonchev–Trinajstić information content (AvgIpc) is 3.09. The van der Waals surface area contributed by atoms with Gasteiger partial charge in [0.25, 0.3) is 0 Å². The highest BCUT2D eigenvalue weighted by Gasteiger charge is 2.34. The van der Waals surface area contributed by atoms with Gasteiger partial charge in [0.05, 0.1) is 17.7 Å². The Bertz CT molecular complexity index is 1070. The van der Waals surface area contributed by atoms with Gasteiger partial charge < -0.3 is 19.5 Å². The summed E-state index contributed by atoms with van der Waals surface area (Å²) >= 11 is 0. The van der Waals surface area contributed by atoms with E-state index in [2.05, 4.69) is 4.90 Å². The van der Waals surface area contributed by atoms with Gasteiger partial charge in [-0.3, -0.25) is 9.69 Å². The van der Waals surface area contributed by atoms with Crippen molar-refractivity contribution in [2.45, 2.75) is 20.4 Å². The lowest BCUT2D eigenvalue weighted by Crippen LogP contribution is -2.48. The molecule has 2 aromatic rings. The van der Waals surface area contributed by atoms with E-state index in [0.29, 0.717) is 67.3 Å². The summed E-state index contributed by atoms with van der Waals surface area (Å²) in [5.41, 5.74) is 2.23. The number of hydrogen-bond donors (Lipinski definition) is 1. The Morgan fingerprint density at radius 3 is 2.56 bits per heavy atom. The number of phenolic OH excluding ortho intramolecular Hbond substituents is 1. The van der Waals surface area contributed by atoms with Gasteiger partial charge in [-0.15, -0.1) is 0 Å². The molecular weight excluding hydrogens is 415 g/mol. The van der Waals surface area contributed by atoms with E-state index in [1.54, 1.807) is 43.0 Å². The molecule has 2 heterocycles. The fourth-order valence-electron chi connectivity index (χ4n) is 3.97. The highest BCUT2D eigenvalue weighted by atomic mass is 19.1. The normalized spacial score (nSPS) is 17.4. The van der Waals surface area contributed by atoms with Crippen molar-refractivity contribution >= 4 is 18.0 Å². The van der Waals surface area contributed by atoms with Gasteiger partial charge in [-0.2, -0.15) is 0 Å². The van der Waals surface area contributed by atoms with Crippen molar-refractivity contribution in [1.82, 2.24) is 9.80 Å². The molecule has 1 N–H and O–H groups in total. The maximum Gasteiger partial charge on any atom is 0.409 e. The Morgan fingerprint density at radius 2 is 1.91 bits per heavy atom. The number of allylic oxidation sites excluding steroid dienone is 1. The van der Waals surface area contributed by atoms with Gasteiger partial charge in [0.15, 0.2) is 5.76 Å². The van der Waals surface area contributed by atoms with E-state index in [0.717, 1.165) is 0 Å². The molecule has 0 atom stereocenters. The monoisotopic (exact) mass is 440 g/mol. The van der Waals surface area contributed by atoms with E-state index >= 15 is 0 Å². The summed E-state index contributed by atoms with van der Waals surface area (Å²) in [7, 11) is 0. The number of carbonyl (C=O) groups excluding carboxylic acids is 2. The third kappa shape index (κ3) is 4.31. The molecule has 4 rings (SSSR count). The number of nitrogens with zero attached hydrogens (tertiary/aromatic N) is 2. The van der Waals surface area contributed by atoms with Gasteiger partial charge in [0.2, 0.25) is 5.78 Å². The van der Waals surface area contributed by atoms with Gasteiger partial charge in [0, 0.05) is 32.7 Å². The minimum absolute atomic E-state index is 0.0601. The largest absolute Gasteiger partial charge is 0.507 e. The molecular formula is C24H25FN2O5. The lowest BCUT2D eigenvalue weighted by molar-refractivity contribution is 0.0774. The number of ether oxygens (including phenoxy) is 2. The SMILES string of the molecule is CCOC(=O)N1CCN(Cc2c(O)cc(C)c3c2OC(=Cc2ccc(F)cc2)C3=O)CC1. The zero-order valence-corrected chi connectivity index (χ0v) is 18.1. The zero-order chi connectivity index (χ0) is 22.8. The van der Waals surface area contributed by atoms with Crippen LogP contribution >= 0.6 is 0 Å². The molecule has 0 saturated carbocycles. The molecule has 0 aromatic heterocycles. The van der Waals surface area contributed by atoms with E-state index in [-0.39, 0.29) is 29.2 Å². The van der Waals surface area contributed by atoms with Gasteiger partial charge in [-0.1, -0.05) is 12.1 Å². The van der Waals surface area contributed by atoms with Crippen LogP contribution in [-0.2, 0) is 11.3 Å². The van der Waals surface area contributed by atoms with Crippen molar-refractivity contribution in [3.05, 3.63) is 64.2 Å². The fraction of sp³-hybridized carbons (Fsp3) is 0.333. The van der Waals surface area contributed by atoms with Crippen LogP contribution < -0.4 is 4.74 Å². The first-order chi connectivity index (χ1) is 15.4. The van der Waals surface area contributed by atoms with Crippen molar-refractivity contribution in [1.29, 1.82) is 0 Å². The van der Waals surface area contributed by atoms with Gasteiger partial charge in [-0.25, -0.2) is 9.18 Å². The lowest BCUT2D eigenvalue weighted by Gasteiger charge is -2.34. The number of rotatable bonds is 4. The Labute approximate surface area is 185 Å². The van der Waals surface area contributed by atoms with E-state index in [1.807, 2.05) is 0 Å². The molecule has 0 bridgehead atoms. The first-order valence-corrected chi connectivity index (χ1v) is 10.6. The molecule has 8 heteroatoms. The van der Waals surface area contributed by atoms with E-state index in [1.165, 1.54) is 12.1 Å². The molecule has 1 fully saturated rings. The number of amides is 1. The average molecular weight is 440 g/mol. The van der Waals surface area contributed by atoms with E-state index in [4.69, 9.17) is 9.47 Å². The topological polar surface area (TPSA) is 79.3 Å². The maximum atomic E-state index is 13.2. The molecule has 2 aromatic carbocycles. The third-order valence-corrected chi connectivity index (χ3v) is 5.67. The van der Waals surface area contributed by atoms with Crippen LogP contribution in [0, 0.1) is 12.7 Å². The second kappa shape index (κ2) is 9.00. The number of carbonyl (C=O) groups is 2. The summed E-state index contributed by atoms with van der Waals surface area (Å²) in [6.07, 6.45) is 1.25. The number of Topliss-reactive ketones (excluding diaryl/α,β-unsaturated/α-hetero) is 1. The highest BCUT2D eigenvalue weighted by Crippen LogP contribution is 2.42. The number of piperazine rings is 1. The van der Waals surface area contributed by atoms with Crippen LogP contribution in [-0.4, -0.2) is 59.6 Å². The minimum Gasteiger partial charge on any atom is -0.507 e. The molecule has 1 saturated heterocycles. The fourth-order valence-corrected chi connectivity index (χ4v) is 3.97. The molecule has 168 valence electrons. The first kappa shape index (κ1) is 21.8. The van der Waals surface area contributed by atoms with Crippen molar-refractivity contribution in [3.8, 4) is 11.5 Å².